The van der Waals surface area contributed by atoms with Crippen LogP contribution in [-0.4, -0.2) is 23.5 Å². The number of anilines is 1. The van der Waals surface area contributed by atoms with Crippen LogP contribution in [0.1, 0.15) is 22.5 Å². The minimum Gasteiger partial charge on any atom is -0.397 e. The lowest BCUT2D eigenvalue weighted by atomic mass is 10.1. The maximum absolute atomic E-state index is 12.4. The Balaban J connectivity index is 1.87. The minimum absolute atomic E-state index is 0.0766. The largest absolute Gasteiger partial charge is 0.397 e. The summed E-state index contributed by atoms with van der Waals surface area (Å²) in [6, 6.07) is 5.86. The minimum atomic E-state index is -0.0766. The van der Waals surface area contributed by atoms with E-state index in [0.717, 1.165) is 28.7 Å². The summed E-state index contributed by atoms with van der Waals surface area (Å²) in [5, 5.41) is 4.48. The smallest absolute Gasteiger partial charge is 0.263 e. The average molecular weight is 327 g/mol. The summed E-state index contributed by atoms with van der Waals surface area (Å²) < 4.78 is 0.957. The number of amides is 1. The van der Waals surface area contributed by atoms with E-state index in [1.807, 2.05) is 23.9 Å². The van der Waals surface area contributed by atoms with Gasteiger partial charge in [-0.05, 0) is 30.7 Å². The van der Waals surface area contributed by atoms with E-state index in [1.54, 1.807) is 6.07 Å². The van der Waals surface area contributed by atoms with E-state index in [1.165, 1.54) is 17.1 Å². The molecule has 0 aliphatic carbocycles. The lowest BCUT2D eigenvalue weighted by molar-refractivity contribution is 0.0943. The van der Waals surface area contributed by atoms with Crippen LogP contribution in [0.25, 0.3) is 10.1 Å². The monoisotopic (exact) mass is 326 g/mol. The van der Waals surface area contributed by atoms with Crippen LogP contribution in [0, 0.1) is 0 Å². The van der Waals surface area contributed by atoms with Crippen molar-refractivity contribution in [3.05, 3.63) is 28.1 Å². The Hall–Kier alpha value is -0.910. The van der Waals surface area contributed by atoms with Crippen molar-refractivity contribution < 1.29 is 4.79 Å². The fraction of sp³-hybridized carbons (Fsp3) is 0.357. The normalized spacial score (nSPS) is 19.1. The van der Waals surface area contributed by atoms with Crippen LogP contribution in [-0.2, 0) is 0 Å². The zero-order valence-corrected chi connectivity index (χ0v) is 13.2. The summed E-state index contributed by atoms with van der Waals surface area (Å²) in [5.41, 5.74) is 6.60. The molecule has 3 nitrogen and oxygen atoms in total. The number of thioether (sulfide) groups is 1. The Labute approximate surface area is 130 Å². The van der Waals surface area contributed by atoms with E-state index in [-0.39, 0.29) is 11.9 Å². The molecular formula is C14H15ClN2OS2. The lowest BCUT2D eigenvalue weighted by Gasteiger charge is -2.22. The summed E-state index contributed by atoms with van der Waals surface area (Å²) in [5.74, 6) is 2.09. The third kappa shape index (κ3) is 2.62. The van der Waals surface area contributed by atoms with Crippen LogP contribution in [0.15, 0.2) is 18.2 Å². The first-order valence-electron chi connectivity index (χ1n) is 6.52. The summed E-state index contributed by atoms with van der Waals surface area (Å²) >= 11 is 9.46. The van der Waals surface area contributed by atoms with Crippen molar-refractivity contribution in [3.63, 3.8) is 0 Å². The van der Waals surface area contributed by atoms with Gasteiger partial charge in [-0.2, -0.15) is 11.8 Å². The molecule has 1 amide bonds. The number of benzene rings is 1. The summed E-state index contributed by atoms with van der Waals surface area (Å²) in [6.45, 7) is 0. The number of fused-ring (bicyclic) bond motifs is 1. The maximum Gasteiger partial charge on any atom is 0.263 e. The molecule has 20 heavy (non-hydrogen) atoms. The summed E-state index contributed by atoms with van der Waals surface area (Å²) in [6.07, 6.45) is 2.20. The predicted molar refractivity (Wildman–Crippen MR) is 89.1 cm³/mol. The summed E-state index contributed by atoms with van der Waals surface area (Å²) in [7, 11) is 0. The first-order valence-corrected chi connectivity index (χ1v) is 8.87. The molecule has 0 radical (unpaired) electrons. The molecule has 1 aromatic carbocycles. The molecule has 1 aliphatic heterocycles. The highest BCUT2D eigenvalue weighted by Crippen LogP contribution is 2.38. The standard InChI is InChI=1S/C14H15ClN2OS2/c15-9-4-1-5-10-11(9)12(16)13(20-10)14(18)17-8-3-2-6-19-7-8/h1,4-5,8H,2-3,6-7,16H2,(H,17,18). The zero-order chi connectivity index (χ0) is 14.1. The Morgan fingerprint density at radius 2 is 2.30 bits per heavy atom. The van der Waals surface area contributed by atoms with Crippen LogP contribution in [0.5, 0.6) is 0 Å². The Kier molecular flexibility index (Phi) is 4.10. The molecule has 1 aromatic heterocycles. The van der Waals surface area contributed by atoms with Crippen molar-refractivity contribution in [1.29, 1.82) is 0 Å². The third-order valence-electron chi connectivity index (χ3n) is 3.40. The number of hydrogen-bond donors (Lipinski definition) is 2. The number of hydrogen-bond acceptors (Lipinski definition) is 4. The molecule has 2 heterocycles. The van der Waals surface area contributed by atoms with Crippen LogP contribution in [0.4, 0.5) is 5.69 Å². The van der Waals surface area contributed by atoms with E-state index in [9.17, 15) is 4.79 Å². The maximum atomic E-state index is 12.4. The molecule has 0 saturated carbocycles. The number of nitrogens with two attached hydrogens (primary N) is 1. The Morgan fingerprint density at radius 1 is 1.45 bits per heavy atom. The highest BCUT2D eigenvalue weighted by atomic mass is 35.5. The van der Waals surface area contributed by atoms with Gasteiger partial charge in [0, 0.05) is 21.9 Å². The third-order valence-corrected chi connectivity index (χ3v) is 6.10. The molecule has 3 N–H and O–H groups in total. The molecule has 1 unspecified atom stereocenters. The van der Waals surface area contributed by atoms with Crippen LogP contribution in [0.3, 0.4) is 0 Å². The van der Waals surface area contributed by atoms with Gasteiger partial charge >= 0.3 is 0 Å². The van der Waals surface area contributed by atoms with Crippen molar-refractivity contribution in [2.45, 2.75) is 18.9 Å². The fourth-order valence-electron chi connectivity index (χ4n) is 2.40. The van der Waals surface area contributed by atoms with Gasteiger partial charge < -0.3 is 11.1 Å². The van der Waals surface area contributed by atoms with Gasteiger partial charge in [-0.15, -0.1) is 11.3 Å². The van der Waals surface area contributed by atoms with Crippen molar-refractivity contribution in [3.8, 4) is 0 Å². The van der Waals surface area contributed by atoms with E-state index in [4.69, 9.17) is 17.3 Å². The van der Waals surface area contributed by atoms with Crippen LogP contribution < -0.4 is 11.1 Å². The number of nitrogen functional groups attached to an aromatic ring is 1. The number of thiophene rings is 1. The molecule has 0 spiro atoms. The molecule has 2 aromatic rings. The van der Waals surface area contributed by atoms with Gasteiger partial charge in [-0.25, -0.2) is 0 Å². The Bertz CT molecular complexity index is 650. The number of carbonyl (C=O) groups is 1. The average Bonchev–Trinajstić information content (AvgIpc) is 2.79. The number of rotatable bonds is 2. The molecule has 1 atom stereocenters. The van der Waals surface area contributed by atoms with Gasteiger partial charge in [0.15, 0.2) is 0 Å². The van der Waals surface area contributed by atoms with Crippen LogP contribution in [0.2, 0.25) is 5.02 Å². The summed E-state index contributed by atoms with van der Waals surface area (Å²) in [4.78, 5) is 13.0. The second-order valence-electron chi connectivity index (χ2n) is 4.85. The lowest BCUT2D eigenvalue weighted by Crippen LogP contribution is -2.38. The predicted octanol–water partition coefficient (Wildman–Crippen LogP) is 3.76. The van der Waals surface area contributed by atoms with Crippen molar-refractivity contribution in [2.24, 2.45) is 0 Å². The quantitative estimate of drug-likeness (QED) is 0.883. The topological polar surface area (TPSA) is 55.1 Å². The molecule has 6 heteroatoms. The molecule has 3 rings (SSSR count). The van der Waals surface area contributed by atoms with E-state index in [2.05, 4.69) is 5.32 Å². The molecular weight excluding hydrogens is 312 g/mol. The van der Waals surface area contributed by atoms with E-state index < -0.39 is 0 Å². The van der Waals surface area contributed by atoms with Crippen molar-refractivity contribution >= 4 is 56.4 Å². The van der Waals surface area contributed by atoms with Gasteiger partial charge in [-0.1, -0.05) is 17.7 Å². The van der Waals surface area contributed by atoms with Crippen molar-refractivity contribution in [1.82, 2.24) is 5.32 Å². The van der Waals surface area contributed by atoms with Gasteiger partial charge in [0.05, 0.1) is 10.7 Å². The second kappa shape index (κ2) is 5.84. The highest BCUT2D eigenvalue weighted by Gasteiger charge is 2.21. The van der Waals surface area contributed by atoms with Crippen LogP contribution >= 0.6 is 34.7 Å². The Morgan fingerprint density at radius 3 is 3.00 bits per heavy atom. The molecule has 1 aliphatic rings. The number of carbonyl (C=O) groups excluding carboxylic acids is 1. The number of nitrogens with one attached hydrogen (secondary N) is 1. The molecule has 1 saturated heterocycles. The second-order valence-corrected chi connectivity index (χ2v) is 7.45. The van der Waals surface area contributed by atoms with Gasteiger partial charge in [0.25, 0.3) is 5.91 Å². The van der Waals surface area contributed by atoms with Gasteiger partial charge in [0.2, 0.25) is 0 Å². The highest BCUT2D eigenvalue weighted by molar-refractivity contribution is 7.99. The van der Waals surface area contributed by atoms with Gasteiger partial charge in [-0.3, -0.25) is 4.79 Å². The number of halogens is 1. The zero-order valence-electron chi connectivity index (χ0n) is 10.8. The van der Waals surface area contributed by atoms with Crippen molar-refractivity contribution in [2.75, 3.05) is 17.2 Å². The van der Waals surface area contributed by atoms with E-state index >= 15 is 0 Å². The fourth-order valence-corrected chi connectivity index (χ4v) is 4.86. The molecule has 106 valence electrons. The van der Waals surface area contributed by atoms with Gasteiger partial charge in [0.1, 0.15) is 4.88 Å². The molecule has 0 bridgehead atoms. The SMILES string of the molecule is Nc1c(C(=O)NC2CCCSC2)sc2cccc(Cl)c12. The first-order chi connectivity index (χ1) is 9.66. The first kappa shape index (κ1) is 14.0. The molecule has 1 fully saturated rings. The van der Waals surface area contributed by atoms with E-state index in [0.29, 0.717) is 15.6 Å².